The molecule has 29 heavy (non-hydrogen) atoms. The zero-order chi connectivity index (χ0) is 20.2. The number of ether oxygens (including phenoxy) is 1. The number of carbonyl (C=O) groups excluding carboxylic acids is 2. The Kier molecular flexibility index (Phi) is 5.33. The van der Waals surface area contributed by atoms with Crippen molar-refractivity contribution in [3.05, 3.63) is 66.7 Å². The van der Waals surface area contributed by atoms with Gasteiger partial charge in [0.15, 0.2) is 0 Å². The van der Waals surface area contributed by atoms with Crippen LogP contribution in [0.15, 0.2) is 66.7 Å². The maximum atomic E-state index is 12.7. The van der Waals surface area contributed by atoms with Crippen molar-refractivity contribution in [2.75, 3.05) is 43.5 Å². The molecule has 4 rings (SSSR count). The van der Waals surface area contributed by atoms with Gasteiger partial charge in [-0.3, -0.25) is 9.59 Å². The van der Waals surface area contributed by atoms with Crippen LogP contribution in [0.4, 0.5) is 11.4 Å². The molecule has 3 aromatic carbocycles. The van der Waals surface area contributed by atoms with Crippen molar-refractivity contribution >= 4 is 34.0 Å². The minimum atomic E-state index is -0.605. The molecule has 0 radical (unpaired) electrons. The summed E-state index contributed by atoms with van der Waals surface area (Å²) in [5, 5.41) is 4.71. The van der Waals surface area contributed by atoms with E-state index in [0.717, 1.165) is 22.2 Å². The van der Waals surface area contributed by atoms with E-state index in [2.05, 4.69) is 10.2 Å². The van der Waals surface area contributed by atoms with Crippen LogP contribution in [0, 0.1) is 0 Å². The molecule has 2 amide bonds. The second-order valence-electron chi connectivity index (χ2n) is 6.93. The predicted molar refractivity (Wildman–Crippen MR) is 114 cm³/mol. The van der Waals surface area contributed by atoms with E-state index in [-0.39, 0.29) is 0 Å². The maximum absolute atomic E-state index is 12.7. The van der Waals surface area contributed by atoms with Crippen LogP contribution < -0.4 is 15.0 Å². The molecule has 0 spiro atoms. The lowest BCUT2D eigenvalue weighted by Gasteiger charge is -2.36. The average molecular weight is 389 g/mol. The van der Waals surface area contributed by atoms with Crippen LogP contribution in [0.1, 0.15) is 0 Å². The van der Waals surface area contributed by atoms with Gasteiger partial charge in [-0.05, 0) is 23.6 Å². The molecule has 0 aromatic heterocycles. The van der Waals surface area contributed by atoms with Crippen LogP contribution in [0.2, 0.25) is 0 Å². The average Bonchev–Trinajstić information content (AvgIpc) is 2.79. The second kappa shape index (κ2) is 8.22. The van der Waals surface area contributed by atoms with Gasteiger partial charge in [-0.1, -0.05) is 48.5 Å². The molecule has 6 nitrogen and oxygen atoms in total. The number of methoxy groups -OCH3 is 1. The molecule has 1 aliphatic heterocycles. The monoisotopic (exact) mass is 389 g/mol. The van der Waals surface area contributed by atoms with Gasteiger partial charge >= 0.3 is 11.8 Å². The Morgan fingerprint density at radius 1 is 0.862 bits per heavy atom. The highest BCUT2D eigenvalue weighted by Crippen LogP contribution is 2.28. The summed E-state index contributed by atoms with van der Waals surface area (Å²) in [4.78, 5) is 29.0. The predicted octanol–water partition coefficient (Wildman–Crippen LogP) is 3.14. The van der Waals surface area contributed by atoms with Crippen molar-refractivity contribution in [3.8, 4) is 5.75 Å². The number of fused-ring (bicyclic) bond motifs is 1. The van der Waals surface area contributed by atoms with Crippen LogP contribution in [0.25, 0.3) is 10.8 Å². The Morgan fingerprint density at radius 3 is 2.34 bits per heavy atom. The zero-order valence-electron chi connectivity index (χ0n) is 16.3. The summed E-state index contributed by atoms with van der Waals surface area (Å²) in [7, 11) is 1.65. The second-order valence-corrected chi connectivity index (χ2v) is 6.93. The Hall–Kier alpha value is -3.54. The summed E-state index contributed by atoms with van der Waals surface area (Å²) >= 11 is 0. The minimum absolute atomic E-state index is 0.486. The van der Waals surface area contributed by atoms with Crippen LogP contribution in [-0.4, -0.2) is 50.0 Å². The first-order valence-corrected chi connectivity index (χ1v) is 9.63. The van der Waals surface area contributed by atoms with E-state index in [9.17, 15) is 9.59 Å². The number of nitrogens with one attached hydrogen (secondary N) is 1. The van der Waals surface area contributed by atoms with Crippen molar-refractivity contribution in [1.82, 2.24) is 4.90 Å². The number of benzene rings is 3. The number of anilines is 2. The Bertz CT molecular complexity index is 1040. The highest BCUT2D eigenvalue weighted by Gasteiger charge is 2.27. The molecule has 6 heteroatoms. The highest BCUT2D eigenvalue weighted by molar-refractivity contribution is 6.40. The molecule has 0 saturated carbocycles. The van der Waals surface area contributed by atoms with Gasteiger partial charge in [0.05, 0.1) is 12.8 Å². The van der Waals surface area contributed by atoms with Crippen LogP contribution >= 0.6 is 0 Å². The first-order chi connectivity index (χ1) is 14.2. The summed E-state index contributed by atoms with van der Waals surface area (Å²) in [6, 6.07) is 21.2. The smallest absolute Gasteiger partial charge is 0.313 e. The van der Waals surface area contributed by atoms with Crippen LogP contribution in [-0.2, 0) is 9.59 Å². The Balaban J connectivity index is 1.41. The lowest BCUT2D eigenvalue weighted by Crippen LogP contribution is -2.51. The first-order valence-electron chi connectivity index (χ1n) is 9.63. The molecule has 1 aliphatic rings. The summed E-state index contributed by atoms with van der Waals surface area (Å²) < 4.78 is 5.43. The summed E-state index contributed by atoms with van der Waals surface area (Å²) in [5.74, 6) is -0.300. The maximum Gasteiger partial charge on any atom is 0.313 e. The number of para-hydroxylation sites is 2. The van der Waals surface area contributed by atoms with E-state index < -0.39 is 11.8 Å². The van der Waals surface area contributed by atoms with E-state index >= 15 is 0 Å². The van der Waals surface area contributed by atoms with Gasteiger partial charge in [-0.2, -0.15) is 0 Å². The van der Waals surface area contributed by atoms with Crippen molar-refractivity contribution in [2.24, 2.45) is 0 Å². The number of carbonyl (C=O) groups is 2. The van der Waals surface area contributed by atoms with Crippen molar-refractivity contribution in [3.63, 3.8) is 0 Å². The van der Waals surface area contributed by atoms with E-state index in [0.29, 0.717) is 31.9 Å². The topological polar surface area (TPSA) is 61.9 Å². The van der Waals surface area contributed by atoms with Gasteiger partial charge in [-0.25, -0.2) is 0 Å². The molecule has 0 unspecified atom stereocenters. The standard InChI is InChI=1S/C23H23N3O3/c1-29-21-12-5-4-11-20(21)25-13-15-26(16-14-25)23(28)22(27)24-19-10-6-8-17-7-2-3-9-18(17)19/h2-12H,13-16H2,1H3,(H,24,27). The van der Waals surface area contributed by atoms with Gasteiger partial charge in [0.2, 0.25) is 0 Å². The Labute approximate surface area is 169 Å². The van der Waals surface area contributed by atoms with Gasteiger partial charge in [0.1, 0.15) is 5.75 Å². The van der Waals surface area contributed by atoms with Crippen LogP contribution in [0.5, 0.6) is 5.75 Å². The number of amides is 2. The molecule has 1 fully saturated rings. The molecule has 148 valence electrons. The van der Waals surface area contributed by atoms with E-state index in [1.54, 1.807) is 12.0 Å². The number of nitrogens with zero attached hydrogens (tertiary/aromatic N) is 2. The largest absolute Gasteiger partial charge is 0.495 e. The van der Waals surface area contributed by atoms with Gasteiger partial charge in [0.25, 0.3) is 0 Å². The molecule has 0 bridgehead atoms. The fourth-order valence-corrected chi connectivity index (χ4v) is 3.70. The number of piperazine rings is 1. The van der Waals surface area contributed by atoms with Crippen LogP contribution in [0.3, 0.4) is 0 Å². The fraction of sp³-hybridized carbons (Fsp3) is 0.217. The summed E-state index contributed by atoms with van der Waals surface area (Å²) in [5.41, 5.74) is 1.65. The SMILES string of the molecule is COc1ccccc1N1CCN(C(=O)C(=O)Nc2cccc3ccccc23)CC1. The van der Waals surface area contributed by atoms with E-state index in [4.69, 9.17) is 4.74 Å². The third-order valence-electron chi connectivity index (χ3n) is 5.22. The van der Waals surface area contributed by atoms with Crippen molar-refractivity contribution < 1.29 is 14.3 Å². The highest BCUT2D eigenvalue weighted by atomic mass is 16.5. The molecule has 1 N–H and O–H groups in total. The van der Waals surface area contributed by atoms with E-state index in [1.165, 1.54) is 0 Å². The number of hydrogen-bond donors (Lipinski definition) is 1. The zero-order valence-corrected chi connectivity index (χ0v) is 16.3. The van der Waals surface area contributed by atoms with Gasteiger partial charge < -0.3 is 19.9 Å². The number of hydrogen-bond acceptors (Lipinski definition) is 4. The molecule has 0 aliphatic carbocycles. The molecule has 3 aromatic rings. The molecular formula is C23H23N3O3. The molecular weight excluding hydrogens is 366 g/mol. The van der Waals surface area contributed by atoms with Crippen molar-refractivity contribution in [2.45, 2.75) is 0 Å². The van der Waals surface area contributed by atoms with E-state index in [1.807, 2.05) is 66.7 Å². The minimum Gasteiger partial charge on any atom is -0.495 e. The Morgan fingerprint density at radius 2 is 1.55 bits per heavy atom. The fourth-order valence-electron chi connectivity index (χ4n) is 3.70. The van der Waals surface area contributed by atoms with Gasteiger partial charge in [0, 0.05) is 37.3 Å². The first kappa shape index (κ1) is 18.8. The third-order valence-corrected chi connectivity index (χ3v) is 5.22. The lowest BCUT2D eigenvalue weighted by molar-refractivity contribution is -0.143. The van der Waals surface area contributed by atoms with Crippen molar-refractivity contribution in [1.29, 1.82) is 0 Å². The summed E-state index contributed by atoms with van der Waals surface area (Å²) in [6.45, 7) is 2.26. The quantitative estimate of drug-likeness (QED) is 0.699. The number of rotatable bonds is 3. The molecule has 1 saturated heterocycles. The molecule has 1 heterocycles. The van der Waals surface area contributed by atoms with Gasteiger partial charge in [-0.15, -0.1) is 0 Å². The summed E-state index contributed by atoms with van der Waals surface area (Å²) in [6.07, 6.45) is 0. The molecule has 0 atom stereocenters. The lowest BCUT2D eigenvalue weighted by atomic mass is 10.1. The third kappa shape index (κ3) is 3.87. The normalized spacial score (nSPS) is 14.0.